The van der Waals surface area contributed by atoms with E-state index in [1.807, 2.05) is 39.0 Å². The molecular weight excluding hydrogens is 429 g/mol. The number of hydrogen-bond acceptors (Lipinski definition) is 6. The third kappa shape index (κ3) is 11.2. The SMILES string of the molecule is COc1cc(CNCCCN2CCOCC2)ccc1OCC(=O)NC(C)(C)C.[Cl-].[Cl-]. The van der Waals surface area contributed by atoms with Crippen LogP contribution in [0.5, 0.6) is 11.5 Å². The Kier molecular flexibility index (Phi) is 14.1. The minimum Gasteiger partial charge on any atom is -1.00 e. The standard InChI is InChI=1S/C21H35N3O4.2ClH/c1-21(2,3)23-20(25)16-28-18-7-6-17(14-19(18)26-4)15-22-8-5-9-24-10-12-27-13-11-24;;/h6-7,14,22H,5,8-13,15-16H2,1-4H3,(H,23,25);2*1H/p-2. The van der Waals surface area contributed by atoms with E-state index in [-0.39, 0.29) is 42.9 Å². The van der Waals surface area contributed by atoms with Gasteiger partial charge in [0.05, 0.1) is 20.3 Å². The number of carbonyl (C=O) groups excluding carboxylic acids is 1. The van der Waals surface area contributed by atoms with Gasteiger partial charge in [-0.15, -0.1) is 0 Å². The van der Waals surface area contributed by atoms with Gasteiger partial charge in [-0.05, 0) is 58.0 Å². The minimum atomic E-state index is -0.276. The molecule has 30 heavy (non-hydrogen) atoms. The number of benzene rings is 1. The molecule has 1 amide bonds. The number of morpholine rings is 1. The van der Waals surface area contributed by atoms with Crippen molar-refractivity contribution in [3.05, 3.63) is 23.8 Å². The van der Waals surface area contributed by atoms with Crippen molar-refractivity contribution in [1.82, 2.24) is 15.5 Å². The molecule has 1 aromatic carbocycles. The summed E-state index contributed by atoms with van der Waals surface area (Å²) in [6.07, 6.45) is 1.11. The van der Waals surface area contributed by atoms with E-state index in [0.29, 0.717) is 11.5 Å². The van der Waals surface area contributed by atoms with E-state index in [0.717, 1.165) is 57.9 Å². The summed E-state index contributed by atoms with van der Waals surface area (Å²) >= 11 is 0. The number of ether oxygens (including phenoxy) is 3. The van der Waals surface area contributed by atoms with Crippen LogP contribution in [0.15, 0.2) is 18.2 Å². The van der Waals surface area contributed by atoms with E-state index in [1.54, 1.807) is 7.11 Å². The highest BCUT2D eigenvalue weighted by Crippen LogP contribution is 2.28. The van der Waals surface area contributed by atoms with Crippen molar-refractivity contribution < 1.29 is 43.8 Å². The number of hydrogen-bond donors (Lipinski definition) is 2. The maximum Gasteiger partial charge on any atom is 0.258 e. The monoisotopic (exact) mass is 463 g/mol. The molecule has 1 fully saturated rings. The predicted molar refractivity (Wildman–Crippen MR) is 110 cm³/mol. The Morgan fingerprint density at radius 3 is 2.50 bits per heavy atom. The Morgan fingerprint density at radius 1 is 1.17 bits per heavy atom. The average Bonchev–Trinajstić information content (AvgIpc) is 2.66. The van der Waals surface area contributed by atoms with Gasteiger partial charge in [0, 0.05) is 25.2 Å². The maximum absolute atomic E-state index is 11.9. The molecule has 0 spiro atoms. The first-order valence-corrected chi connectivity index (χ1v) is 9.99. The Bertz CT molecular complexity index is 621. The van der Waals surface area contributed by atoms with Crippen molar-refractivity contribution in [1.29, 1.82) is 0 Å². The second kappa shape index (κ2) is 14.7. The smallest absolute Gasteiger partial charge is 0.258 e. The van der Waals surface area contributed by atoms with E-state index in [4.69, 9.17) is 14.2 Å². The number of carbonyl (C=O) groups is 1. The maximum atomic E-state index is 11.9. The second-order valence-electron chi connectivity index (χ2n) is 8.06. The fraction of sp³-hybridized carbons (Fsp3) is 0.667. The highest BCUT2D eigenvalue weighted by molar-refractivity contribution is 5.78. The second-order valence-corrected chi connectivity index (χ2v) is 8.06. The zero-order chi connectivity index (χ0) is 20.4. The topological polar surface area (TPSA) is 72.1 Å². The van der Waals surface area contributed by atoms with Crippen molar-refractivity contribution in [2.24, 2.45) is 0 Å². The minimum absolute atomic E-state index is 0. The van der Waals surface area contributed by atoms with Crippen LogP contribution in [0.1, 0.15) is 32.8 Å². The largest absolute Gasteiger partial charge is 1.00 e. The molecule has 7 nitrogen and oxygen atoms in total. The molecule has 0 atom stereocenters. The number of rotatable bonds is 10. The van der Waals surface area contributed by atoms with Crippen LogP contribution in [0.25, 0.3) is 0 Å². The third-order valence-electron chi connectivity index (χ3n) is 4.36. The fourth-order valence-corrected chi connectivity index (χ4v) is 3.02. The molecule has 1 saturated heterocycles. The van der Waals surface area contributed by atoms with Crippen LogP contribution in [0.2, 0.25) is 0 Å². The normalized spacial score (nSPS) is 14.3. The summed E-state index contributed by atoms with van der Waals surface area (Å²) in [5.74, 6) is 1.05. The van der Waals surface area contributed by atoms with Crippen LogP contribution in [0, 0.1) is 0 Å². The Morgan fingerprint density at radius 2 is 1.87 bits per heavy atom. The van der Waals surface area contributed by atoms with Gasteiger partial charge in [-0.2, -0.15) is 0 Å². The van der Waals surface area contributed by atoms with E-state index in [1.165, 1.54) is 0 Å². The zero-order valence-corrected chi connectivity index (χ0v) is 19.9. The number of nitrogens with zero attached hydrogens (tertiary/aromatic N) is 1. The first-order chi connectivity index (χ1) is 13.4. The highest BCUT2D eigenvalue weighted by atomic mass is 35.5. The third-order valence-corrected chi connectivity index (χ3v) is 4.36. The summed E-state index contributed by atoms with van der Waals surface area (Å²) < 4.78 is 16.4. The van der Waals surface area contributed by atoms with Crippen LogP contribution < -0.4 is 44.9 Å². The van der Waals surface area contributed by atoms with E-state index in [9.17, 15) is 4.79 Å². The predicted octanol–water partition coefficient (Wildman–Crippen LogP) is -4.19. The molecule has 2 N–H and O–H groups in total. The lowest BCUT2D eigenvalue weighted by atomic mass is 10.1. The van der Waals surface area contributed by atoms with Gasteiger partial charge < -0.3 is 49.7 Å². The molecule has 174 valence electrons. The summed E-state index contributed by atoms with van der Waals surface area (Å²) in [4.78, 5) is 14.4. The highest BCUT2D eigenvalue weighted by Gasteiger charge is 2.15. The van der Waals surface area contributed by atoms with Gasteiger partial charge in [0.25, 0.3) is 5.91 Å². The lowest BCUT2D eigenvalue weighted by Gasteiger charge is -2.26. The lowest BCUT2D eigenvalue weighted by molar-refractivity contribution is -0.124. The van der Waals surface area contributed by atoms with Gasteiger partial charge in [-0.3, -0.25) is 9.69 Å². The Labute approximate surface area is 193 Å². The van der Waals surface area contributed by atoms with Crippen molar-refractivity contribution in [3.8, 4) is 11.5 Å². The van der Waals surface area contributed by atoms with Crippen LogP contribution in [-0.4, -0.2) is 69.5 Å². The number of amides is 1. The van der Waals surface area contributed by atoms with Crippen LogP contribution >= 0.6 is 0 Å². The molecule has 1 aliphatic heterocycles. The first kappa shape index (κ1) is 28.8. The molecule has 1 aromatic rings. The van der Waals surface area contributed by atoms with Gasteiger partial charge in [-0.1, -0.05) is 6.07 Å². The molecular formula is C21H35Cl2N3O4-2. The van der Waals surface area contributed by atoms with Crippen LogP contribution in [-0.2, 0) is 16.1 Å². The first-order valence-electron chi connectivity index (χ1n) is 9.99. The van der Waals surface area contributed by atoms with Crippen LogP contribution in [0.4, 0.5) is 0 Å². The lowest BCUT2D eigenvalue weighted by Crippen LogP contribution is -3.00. The molecule has 2 rings (SSSR count). The number of nitrogens with one attached hydrogen (secondary N) is 2. The van der Waals surface area contributed by atoms with Crippen molar-refractivity contribution in [3.63, 3.8) is 0 Å². The Balaban J connectivity index is 0.00000420. The molecule has 1 heterocycles. The Hall–Kier alpha value is -1.25. The van der Waals surface area contributed by atoms with E-state index < -0.39 is 0 Å². The molecule has 0 aromatic heterocycles. The molecule has 0 bridgehead atoms. The van der Waals surface area contributed by atoms with Crippen molar-refractivity contribution in [2.75, 3.05) is 53.1 Å². The van der Waals surface area contributed by atoms with Gasteiger partial charge >= 0.3 is 0 Å². The summed E-state index contributed by atoms with van der Waals surface area (Å²) in [6, 6.07) is 5.80. The zero-order valence-electron chi connectivity index (χ0n) is 18.4. The molecule has 9 heteroatoms. The van der Waals surface area contributed by atoms with Gasteiger partial charge in [0.15, 0.2) is 18.1 Å². The quantitative estimate of drug-likeness (QED) is 0.343. The molecule has 0 saturated carbocycles. The summed E-state index contributed by atoms with van der Waals surface area (Å²) in [6.45, 7) is 12.4. The van der Waals surface area contributed by atoms with Gasteiger partial charge in [0.2, 0.25) is 0 Å². The van der Waals surface area contributed by atoms with Crippen molar-refractivity contribution in [2.45, 2.75) is 39.3 Å². The van der Waals surface area contributed by atoms with Gasteiger partial charge in [0.1, 0.15) is 0 Å². The summed E-state index contributed by atoms with van der Waals surface area (Å²) in [7, 11) is 1.61. The average molecular weight is 464 g/mol. The van der Waals surface area contributed by atoms with E-state index >= 15 is 0 Å². The number of methoxy groups -OCH3 is 1. The number of halogens is 2. The molecule has 0 unspecified atom stereocenters. The van der Waals surface area contributed by atoms with Crippen molar-refractivity contribution >= 4 is 5.91 Å². The van der Waals surface area contributed by atoms with E-state index in [2.05, 4.69) is 15.5 Å². The molecule has 0 aliphatic carbocycles. The van der Waals surface area contributed by atoms with Crippen LogP contribution in [0.3, 0.4) is 0 Å². The molecule has 0 radical (unpaired) electrons. The molecule has 1 aliphatic rings. The summed E-state index contributed by atoms with van der Waals surface area (Å²) in [5.41, 5.74) is 0.844. The summed E-state index contributed by atoms with van der Waals surface area (Å²) in [5, 5.41) is 6.35. The fourth-order valence-electron chi connectivity index (χ4n) is 3.02. The van der Waals surface area contributed by atoms with Gasteiger partial charge in [-0.25, -0.2) is 0 Å².